The van der Waals surface area contributed by atoms with Gasteiger partial charge in [0, 0.05) is 25.0 Å². The molecular formula is C25H24O10. The number of aliphatic hydroxyl groups is 2. The Kier molecular flexibility index (Phi) is 7.90. The number of aliphatic carboxylic acids is 1. The normalized spacial score (nSPS) is 24.3. The molecule has 0 saturated heterocycles. The highest BCUT2D eigenvalue weighted by molar-refractivity contribution is 5.88. The Morgan fingerprint density at radius 1 is 0.800 bits per heavy atom. The Hall–Kier alpha value is -4.15. The maximum absolute atomic E-state index is 12.4. The molecule has 10 nitrogen and oxygen atoms in total. The van der Waals surface area contributed by atoms with Crippen LogP contribution in [-0.2, 0) is 23.9 Å². The third-order valence-corrected chi connectivity index (χ3v) is 5.36. The smallest absolute Gasteiger partial charge is 0.335 e. The van der Waals surface area contributed by atoms with Crippen molar-refractivity contribution in [1.82, 2.24) is 0 Å². The molecule has 10 heteroatoms. The fraction of sp³-hybridized carbons (Fsp3) is 0.240. The second-order valence-corrected chi connectivity index (χ2v) is 8.04. The molecule has 0 aliphatic heterocycles. The van der Waals surface area contributed by atoms with Gasteiger partial charge in [-0.15, -0.1) is 0 Å². The van der Waals surface area contributed by atoms with Gasteiger partial charge in [-0.25, -0.2) is 14.4 Å². The first-order valence-corrected chi connectivity index (χ1v) is 10.5. The van der Waals surface area contributed by atoms with E-state index in [9.17, 15) is 39.9 Å². The Morgan fingerprint density at radius 3 is 1.71 bits per heavy atom. The average molecular weight is 484 g/mol. The van der Waals surface area contributed by atoms with Gasteiger partial charge in [0.2, 0.25) is 0 Å². The van der Waals surface area contributed by atoms with Gasteiger partial charge < -0.3 is 35.0 Å². The minimum atomic E-state index is -2.39. The summed E-state index contributed by atoms with van der Waals surface area (Å²) in [6, 6.07) is 11.8. The summed E-state index contributed by atoms with van der Waals surface area (Å²) in [6.07, 6.45) is -0.901. The summed E-state index contributed by atoms with van der Waals surface area (Å²) < 4.78 is 10.5. The molecule has 0 spiro atoms. The van der Waals surface area contributed by atoms with Crippen LogP contribution in [0.25, 0.3) is 12.2 Å². The molecule has 0 bridgehead atoms. The molecule has 1 fully saturated rings. The van der Waals surface area contributed by atoms with Gasteiger partial charge in [-0.2, -0.15) is 0 Å². The molecule has 2 aromatic rings. The SMILES string of the molecule is O=C(C=Cc1ccc(O)cc1)O[C@@H]1[C@H](O)C[C@@](O)(C(=O)O)C[C@H]1OC(=O)C=Cc1ccc(O)cc1. The maximum Gasteiger partial charge on any atom is 0.335 e. The van der Waals surface area contributed by atoms with Crippen LogP contribution in [0.15, 0.2) is 60.7 Å². The summed E-state index contributed by atoms with van der Waals surface area (Å²) in [6.45, 7) is 0. The van der Waals surface area contributed by atoms with Crippen LogP contribution >= 0.6 is 0 Å². The van der Waals surface area contributed by atoms with E-state index in [0.717, 1.165) is 12.2 Å². The lowest BCUT2D eigenvalue weighted by Gasteiger charge is -2.40. The van der Waals surface area contributed by atoms with Crippen LogP contribution in [0.5, 0.6) is 11.5 Å². The second kappa shape index (κ2) is 10.9. The van der Waals surface area contributed by atoms with Crippen molar-refractivity contribution in [3.05, 3.63) is 71.8 Å². The average Bonchev–Trinajstić information content (AvgIpc) is 2.80. The number of phenols is 2. The molecule has 4 atom stereocenters. The van der Waals surface area contributed by atoms with E-state index < -0.39 is 54.7 Å². The van der Waals surface area contributed by atoms with Crippen molar-refractivity contribution in [3.8, 4) is 11.5 Å². The second-order valence-electron chi connectivity index (χ2n) is 8.04. The summed E-state index contributed by atoms with van der Waals surface area (Å²) in [5, 5.41) is 48.8. The standard InChI is InChI=1S/C25H24O10/c26-17-7-1-15(2-8-17)5-11-21(29)34-20-14-25(33,24(31)32)13-19(28)23(20)35-22(30)12-6-16-3-9-18(27)10-4-16/h1-12,19-20,23,26-28,33H,13-14H2,(H,31,32)/t19-,20-,23-,25+/m1/s1. The Morgan fingerprint density at radius 2 is 1.26 bits per heavy atom. The zero-order valence-electron chi connectivity index (χ0n) is 18.4. The minimum Gasteiger partial charge on any atom is -0.508 e. The van der Waals surface area contributed by atoms with Crippen molar-refractivity contribution in [2.24, 2.45) is 0 Å². The molecule has 184 valence electrons. The molecule has 0 radical (unpaired) electrons. The largest absolute Gasteiger partial charge is 0.508 e. The molecule has 0 heterocycles. The lowest BCUT2D eigenvalue weighted by molar-refractivity contribution is -0.204. The monoisotopic (exact) mass is 484 g/mol. The number of benzene rings is 2. The van der Waals surface area contributed by atoms with Crippen molar-refractivity contribution in [2.75, 3.05) is 0 Å². The predicted octanol–water partition coefficient (Wildman–Crippen LogP) is 1.62. The highest BCUT2D eigenvalue weighted by Gasteiger charge is 2.52. The van der Waals surface area contributed by atoms with Crippen molar-refractivity contribution in [2.45, 2.75) is 36.8 Å². The third kappa shape index (κ3) is 6.92. The first kappa shape index (κ1) is 25.5. The fourth-order valence-electron chi connectivity index (χ4n) is 3.54. The van der Waals surface area contributed by atoms with Gasteiger partial charge in [0.1, 0.15) is 17.6 Å². The van der Waals surface area contributed by atoms with Gasteiger partial charge in [-0.3, -0.25) is 0 Å². The van der Waals surface area contributed by atoms with Gasteiger partial charge >= 0.3 is 17.9 Å². The summed E-state index contributed by atoms with van der Waals surface area (Å²) in [5.74, 6) is -3.36. The van der Waals surface area contributed by atoms with Crippen LogP contribution < -0.4 is 0 Å². The van der Waals surface area contributed by atoms with Crippen LogP contribution in [0.3, 0.4) is 0 Å². The molecule has 0 amide bonds. The van der Waals surface area contributed by atoms with E-state index >= 15 is 0 Å². The summed E-state index contributed by atoms with van der Waals surface area (Å²) >= 11 is 0. The molecule has 5 N–H and O–H groups in total. The van der Waals surface area contributed by atoms with E-state index in [-0.39, 0.29) is 11.5 Å². The maximum atomic E-state index is 12.4. The van der Waals surface area contributed by atoms with Gasteiger partial charge in [-0.05, 0) is 47.5 Å². The molecule has 35 heavy (non-hydrogen) atoms. The Balaban J connectivity index is 1.73. The first-order valence-electron chi connectivity index (χ1n) is 10.5. The summed E-state index contributed by atoms with van der Waals surface area (Å²) in [5.41, 5.74) is -1.25. The zero-order chi connectivity index (χ0) is 25.6. The number of aromatic hydroxyl groups is 2. The number of hydrogen-bond donors (Lipinski definition) is 5. The molecule has 0 aromatic heterocycles. The molecule has 3 rings (SSSR count). The van der Waals surface area contributed by atoms with Crippen LogP contribution in [0.2, 0.25) is 0 Å². The van der Waals surface area contributed by atoms with E-state index in [4.69, 9.17) is 9.47 Å². The molecule has 2 aromatic carbocycles. The molecule has 1 saturated carbocycles. The number of aliphatic hydroxyl groups excluding tert-OH is 1. The van der Waals surface area contributed by atoms with Crippen LogP contribution in [0, 0.1) is 0 Å². The fourth-order valence-corrected chi connectivity index (χ4v) is 3.54. The highest BCUT2D eigenvalue weighted by Crippen LogP contribution is 2.33. The number of carboxylic acids is 1. The van der Waals surface area contributed by atoms with E-state index in [0.29, 0.717) is 11.1 Å². The zero-order valence-corrected chi connectivity index (χ0v) is 18.4. The number of carbonyl (C=O) groups excluding carboxylic acids is 2. The number of rotatable bonds is 7. The first-order chi connectivity index (χ1) is 16.6. The van der Waals surface area contributed by atoms with E-state index in [1.165, 1.54) is 48.6 Å². The van der Waals surface area contributed by atoms with Crippen LogP contribution in [0.4, 0.5) is 0 Å². The van der Waals surface area contributed by atoms with E-state index in [2.05, 4.69) is 0 Å². The number of ether oxygens (including phenoxy) is 2. The summed E-state index contributed by atoms with van der Waals surface area (Å²) in [4.78, 5) is 36.2. The van der Waals surface area contributed by atoms with Crippen molar-refractivity contribution >= 4 is 30.1 Å². The van der Waals surface area contributed by atoms with Crippen LogP contribution in [0.1, 0.15) is 24.0 Å². The number of hydrogen-bond acceptors (Lipinski definition) is 9. The number of phenolic OH excluding ortho intramolecular Hbond substituents is 2. The van der Waals surface area contributed by atoms with E-state index in [1.807, 2.05) is 0 Å². The Labute approximate surface area is 200 Å². The van der Waals surface area contributed by atoms with Gasteiger partial charge in [0.25, 0.3) is 0 Å². The number of carbonyl (C=O) groups is 3. The quantitative estimate of drug-likeness (QED) is 0.287. The lowest BCUT2D eigenvalue weighted by atomic mass is 9.79. The number of esters is 2. The van der Waals surface area contributed by atoms with Gasteiger partial charge in [-0.1, -0.05) is 24.3 Å². The van der Waals surface area contributed by atoms with Crippen molar-refractivity contribution in [3.63, 3.8) is 0 Å². The van der Waals surface area contributed by atoms with Gasteiger partial charge in [0.15, 0.2) is 11.7 Å². The van der Waals surface area contributed by atoms with E-state index in [1.54, 1.807) is 12.1 Å². The molecule has 1 aliphatic carbocycles. The highest BCUT2D eigenvalue weighted by atomic mass is 16.6. The predicted molar refractivity (Wildman–Crippen MR) is 122 cm³/mol. The van der Waals surface area contributed by atoms with Crippen molar-refractivity contribution in [1.29, 1.82) is 0 Å². The molecule has 0 unspecified atom stereocenters. The summed E-state index contributed by atoms with van der Waals surface area (Å²) in [7, 11) is 0. The van der Waals surface area contributed by atoms with Crippen LogP contribution in [-0.4, -0.2) is 67.4 Å². The minimum absolute atomic E-state index is 0.0398. The Bertz CT molecular complexity index is 1120. The topological polar surface area (TPSA) is 171 Å². The van der Waals surface area contributed by atoms with Crippen molar-refractivity contribution < 1.29 is 49.4 Å². The molecule has 1 aliphatic rings. The number of carboxylic acid groups (broad SMARTS) is 1. The molecular weight excluding hydrogens is 460 g/mol. The lowest BCUT2D eigenvalue weighted by Crippen LogP contribution is -2.58. The third-order valence-electron chi connectivity index (χ3n) is 5.36. The van der Waals surface area contributed by atoms with Gasteiger partial charge in [0.05, 0.1) is 6.10 Å².